The lowest BCUT2D eigenvalue weighted by molar-refractivity contribution is -0.153. The predicted octanol–water partition coefficient (Wildman–Crippen LogP) is 1.40. The Morgan fingerprint density at radius 2 is 1.71 bits per heavy atom. The van der Waals surface area contributed by atoms with Crippen LogP contribution in [0.5, 0.6) is 0 Å². The monoisotopic (exact) mass is 334 g/mol. The fraction of sp³-hybridized carbons (Fsp3) is 0.312. The minimum Gasteiger partial charge on any atom is -0.493 e. The zero-order valence-electron chi connectivity index (χ0n) is 13.3. The maximum Gasteiger partial charge on any atom is 0.377 e. The Kier molecular flexibility index (Phi) is 5.78. The second kappa shape index (κ2) is 8.00. The molecule has 2 rings (SSSR count). The largest absolute Gasteiger partial charge is 0.493 e. The van der Waals surface area contributed by atoms with Gasteiger partial charge in [-0.25, -0.2) is 4.79 Å². The average molecular weight is 334 g/mol. The van der Waals surface area contributed by atoms with E-state index in [4.69, 9.17) is 14.2 Å². The van der Waals surface area contributed by atoms with E-state index in [1.54, 1.807) is 24.3 Å². The van der Waals surface area contributed by atoms with Crippen molar-refractivity contribution in [3.8, 4) is 0 Å². The Bertz CT molecular complexity index is 653. The number of carbonyl (C=O) groups is 3. The van der Waals surface area contributed by atoms with Gasteiger partial charge in [0, 0.05) is 18.3 Å². The molecular formula is C16H18N2O6. The van der Waals surface area contributed by atoms with Crippen molar-refractivity contribution in [1.29, 1.82) is 0 Å². The Labute approximate surface area is 138 Å². The Morgan fingerprint density at radius 3 is 2.25 bits per heavy atom. The maximum atomic E-state index is 12.0. The van der Waals surface area contributed by atoms with E-state index >= 15 is 0 Å². The van der Waals surface area contributed by atoms with E-state index in [-0.39, 0.29) is 18.3 Å². The number of amides is 2. The van der Waals surface area contributed by atoms with Crippen molar-refractivity contribution in [2.24, 2.45) is 0 Å². The first-order chi connectivity index (χ1) is 11.5. The summed E-state index contributed by atoms with van der Waals surface area (Å²) in [5.41, 5.74) is 1.12. The lowest BCUT2D eigenvalue weighted by Crippen LogP contribution is -2.31. The molecule has 0 fully saturated rings. The highest BCUT2D eigenvalue weighted by molar-refractivity contribution is 5.97. The first kappa shape index (κ1) is 17.3. The maximum absolute atomic E-state index is 12.0. The van der Waals surface area contributed by atoms with Crippen LogP contribution in [0.15, 0.2) is 36.3 Å². The van der Waals surface area contributed by atoms with Crippen molar-refractivity contribution in [3.63, 3.8) is 0 Å². The molecule has 128 valence electrons. The molecule has 0 aliphatic carbocycles. The fourth-order valence-electron chi connectivity index (χ4n) is 1.83. The number of hydrogen-bond acceptors (Lipinski definition) is 6. The van der Waals surface area contributed by atoms with Crippen molar-refractivity contribution in [3.05, 3.63) is 36.3 Å². The molecule has 0 radical (unpaired) electrons. The predicted molar refractivity (Wildman–Crippen MR) is 84.9 cm³/mol. The van der Waals surface area contributed by atoms with Gasteiger partial charge in [-0.15, -0.1) is 0 Å². The minimum absolute atomic E-state index is 0.0689. The molecule has 1 aromatic carbocycles. The molecule has 8 nitrogen and oxygen atoms in total. The first-order valence-electron chi connectivity index (χ1n) is 7.30. The minimum atomic E-state index is -1.01. The van der Waals surface area contributed by atoms with Gasteiger partial charge in [0.2, 0.25) is 11.7 Å². The van der Waals surface area contributed by atoms with Gasteiger partial charge in [-0.3, -0.25) is 9.59 Å². The van der Waals surface area contributed by atoms with Crippen molar-refractivity contribution < 1.29 is 28.6 Å². The van der Waals surface area contributed by atoms with Gasteiger partial charge in [0.15, 0.2) is 6.10 Å². The van der Waals surface area contributed by atoms with Crippen LogP contribution in [-0.2, 0) is 28.6 Å². The number of ether oxygens (including phenoxy) is 3. The van der Waals surface area contributed by atoms with Crippen LogP contribution in [0.4, 0.5) is 11.4 Å². The van der Waals surface area contributed by atoms with Gasteiger partial charge in [0.1, 0.15) is 19.5 Å². The molecule has 1 atom stereocenters. The van der Waals surface area contributed by atoms with Gasteiger partial charge in [-0.05, 0) is 31.2 Å². The average Bonchev–Trinajstić information content (AvgIpc) is 2.56. The fourth-order valence-corrected chi connectivity index (χ4v) is 1.83. The lowest BCUT2D eigenvalue weighted by Gasteiger charge is -2.17. The number of rotatable bonds is 5. The van der Waals surface area contributed by atoms with Crippen LogP contribution in [0.1, 0.15) is 13.8 Å². The smallest absolute Gasteiger partial charge is 0.377 e. The van der Waals surface area contributed by atoms with Crippen LogP contribution < -0.4 is 10.6 Å². The van der Waals surface area contributed by atoms with Gasteiger partial charge in [-0.2, -0.15) is 0 Å². The van der Waals surface area contributed by atoms with Gasteiger partial charge >= 0.3 is 5.97 Å². The summed E-state index contributed by atoms with van der Waals surface area (Å²) in [6, 6.07) is 6.54. The van der Waals surface area contributed by atoms with Crippen molar-refractivity contribution >= 4 is 29.2 Å². The number of nitrogens with one attached hydrogen (secondary N) is 2. The summed E-state index contributed by atoms with van der Waals surface area (Å²) in [5.74, 6) is -1.51. The summed E-state index contributed by atoms with van der Waals surface area (Å²) < 4.78 is 15.1. The number of benzene rings is 1. The summed E-state index contributed by atoms with van der Waals surface area (Å²) in [5, 5.41) is 5.23. The molecule has 1 aliphatic heterocycles. The van der Waals surface area contributed by atoms with E-state index in [1.807, 2.05) is 0 Å². The van der Waals surface area contributed by atoms with Gasteiger partial charge < -0.3 is 24.8 Å². The molecule has 0 bridgehead atoms. The highest BCUT2D eigenvalue weighted by Crippen LogP contribution is 2.14. The normalized spacial score (nSPS) is 14.3. The molecule has 1 aliphatic rings. The first-order valence-corrected chi connectivity index (χ1v) is 7.30. The van der Waals surface area contributed by atoms with Gasteiger partial charge in [0.25, 0.3) is 5.91 Å². The van der Waals surface area contributed by atoms with E-state index in [2.05, 4.69) is 10.6 Å². The van der Waals surface area contributed by atoms with E-state index in [0.717, 1.165) is 6.26 Å². The summed E-state index contributed by atoms with van der Waals surface area (Å²) >= 11 is 0. The second-order valence-corrected chi connectivity index (χ2v) is 5.00. The van der Waals surface area contributed by atoms with Crippen molar-refractivity contribution in [2.75, 3.05) is 23.8 Å². The highest BCUT2D eigenvalue weighted by atomic mass is 16.6. The van der Waals surface area contributed by atoms with E-state index in [1.165, 1.54) is 13.8 Å². The number of hydrogen-bond donors (Lipinski definition) is 2. The SMILES string of the molecule is CC(=O)Nc1ccc(NC(=O)[C@H](C)OC(=O)C2=COCCO2)cc1. The summed E-state index contributed by atoms with van der Waals surface area (Å²) in [4.78, 5) is 34.8. The van der Waals surface area contributed by atoms with Gasteiger partial charge in [-0.1, -0.05) is 0 Å². The summed E-state index contributed by atoms with van der Waals surface area (Å²) in [6.45, 7) is 3.47. The molecule has 0 saturated heterocycles. The number of anilines is 2. The summed E-state index contributed by atoms with van der Waals surface area (Å²) in [6.07, 6.45) is 0.149. The molecule has 1 aromatic rings. The second-order valence-electron chi connectivity index (χ2n) is 5.00. The molecule has 0 aromatic heterocycles. The van der Waals surface area contributed by atoms with E-state index < -0.39 is 18.0 Å². The van der Waals surface area contributed by atoms with Crippen LogP contribution in [0.2, 0.25) is 0 Å². The standard InChI is InChI=1S/C16H18N2O6/c1-10(24-16(21)14-9-22-7-8-23-14)15(20)18-13-5-3-12(4-6-13)17-11(2)19/h3-6,9-10H,7-8H2,1-2H3,(H,17,19)(H,18,20)/t10-/m0/s1. The van der Waals surface area contributed by atoms with Crippen LogP contribution in [0, 0.1) is 0 Å². The molecule has 0 unspecified atom stereocenters. The molecular weight excluding hydrogens is 316 g/mol. The van der Waals surface area contributed by atoms with Crippen LogP contribution in [0.25, 0.3) is 0 Å². The lowest BCUT2D eigenvalue weighted by atomic mass is 10.2. The van der Waals surface area contributed by atoms with Crippen LogP contribution >= 0.6 is 0 Å². The molecule has 8 heteroatoms. The molecule has 2 N–H and O–H groups in total. The quantitative estimate of drug-likeness (QED) is 0.789. The molecule has 2 amide bonds. The summed E-state index contributed by atoms with van der Waals surface area (Å²) in [7, 11) is 0. The van der Waals surface area contributed by atoms with Crippen LogP contribution in [-0.4, -0.2) is 37.1 Å². The third-order valence-corrected chi connectivity index (χ3v) is 2.98. The molecule has 24 heavy (non-hydrogen) atoms. The van der Waals surface area contributed by atoms with Crippen molar-refractivity contribution in [2.45, 2.75) is 20.0 Å². The number of esters is 1. The molecule has 1 heterocycles. The Morgan fingerprint density at radius 1 is 1.08 bits per heavy atom. The highest BCUT2D eigenvalue weighted by Gasteiger charge is 2.23. The number of carbonyl (C=O) groups excluding carboxylic acids is 3. The third-order valence-electron chi connectivity index (χ3n) is 2.98. The topological polar surface area (TPSA) is 103 Å². The van der Waals surface area contributed by atoms with E-state index in [9.17, 15) is 14.4 Å². The molecule has 0 spiro atoms. The Balaban J connectivity index is 1.87. The van der Waals surface area contributed by atoms with E-state index in [0.29, 0.717) is 18.0 Å². The third kappa shape index (κ3) is 5.01. The molecule has 0 saturated carbocycles. The van der Waals surface area contributed by atoms with Crippen LogP contribution in [0.3, 0.4) is 0 Å². The zero-order chi connectivity index (χ0) is 17.5. The zero-order valence-corrected chi connectivity index (χ0v) is 13.3. The van der Waals surface area contributed by atoms with Crippen molar-refractivity contribution in [1.82, 2.24) is 0 Å². The Hall–Kier alpha value is -3.03. The van der Waals surface area contributed by atoms with Gasteiger partial charge in [0.05, 0.1) is 0 Å².